The van der Waals surface area contributed by atoms with Gasteiger partial charge in [-0.1, -0.05) is 42.5 Å². The maximum absolute atomic E-state index is 12.6. The highest BCUT2D eigenvalue weighted by Gasteiger charge is 2.54. The van der Waals surface area contributed by atoms with Crippen molar-refractivity contribution in [3.8, 4) is 11.5 Å². The zero-order chi connectivity index (χ0) is 16.6. The second-order valence-electron chi connectivity index (χ2n) is 5.54. The molecule has 3 aromatic rings. The molecule has 1 aliphatic rings. The second kappa shape index (κ2) is 7.68. The largest absolute Gasteiger partial charge is 0.477 e. The summed E-state index contributed by atoms with van der Waals surface area (Å²) in [5, 5.41) is 6.70. The molecule has 2 aromatic carbocycles. The van der Waals surface area contributed by atoms with E-state index in [2.05, 4.69) is 10.2 Å². The van der Waals surface area contributed by atoms with Gasteiger partial charge in [-0.2, -0.15) is 5.10 Å². The molecule has 2 unspecified atom stereocenters. The number of H-pyrrole nitrogens is 1. The van der Waals surface area contributed by atoms with E-state index in [0.717, 1.165) is 0 Å². The van der Waals surface area contributed by atoms with Crippen LogP contribution in [0.4, 0.5) is 0 Å². The first-order valence-electron chi connectivity index (χ1n) is 7.50. The second-order valence-corrected chi connectivity index (χ2v) is 5.54. The molecule has 8 heteroatoms. The minimum absolute atomic E-state index is 0. The Hall–Kier alpha value is -2.70. The highest BCUT2D eigenvalue weighted by Crippen LogP contribution is 2.49. The van der Waals surface area contributed by atoms with Gasteiger partial charge in [0.1, 0.15) is 0 Å². The number of ether oxygens (including phenoxy) is 2. The molecule has 0 saturated carbocycles. The van der Waals surface area contributed by atoms with Crippen LogP contribution in [0.25, 0.3) is 0 Å². The van der Waals surface area contributed by atoms with Gasteiger partial charge in [-0.15, -0.1) is 24.8 Å². The number of nitrogens with two attached hydrogens (primary N) is 1. The first-order valence-corrected chi connectivity index (χ1v) is 7.50. The molecule has 1 aromatic heterocycles. The maximum atomic E-state index is 12.6. The van der Waals surface area contributed by atoms with E-state index in [1.807, 2.05) is 30.3 Å². The molecule has 6 nitrogen and oxygen atoms in total. The van der Waals surface area contributed by atoms with Gasteiger partial charge in [-0.3, -0.25) is 9.89 Å². The third-order valence-electron chi connectivity index (χ3n) is 4.12. The van der Waals surface area contributed by atoms with Gasteiger partial charge in [-0.25, -0.2) is 0 Å². The molecular formula is C18H17Cl2N3O3. The number of para-hydroxylation sites is 2. The Bertz CT molecular complexity index is 874. The Balaban J connectivity index is 0.00000121. The third-order valence-corrected chi connectivity index (χ3v) is 4.12. The normalized spacial score (nSPS) is 20.4. The Morgan fingerprint density at radius 3 is 2.31 bits per heavy atom. The predicted molar refractivity (Wildman–Crippen MR) is 101 cm³/mol. The van der Waals surface area contributed by atoms with Gasteiger partial charge in [0.25, 0.3) is 11.5 Å². The highest BCUT2D eigenvalue weighted by atomic mass is 35.5. The zero-order valence-electron chi connectivity index (χ0n) is 13.5. The van der Waals surface area contributed by atoms with E-state index in [0.29, 0.717) is 22.6 Å². The van der Waals surface area contributed by atoms with Crippen molar-refractivity contribution in [3.05, 3.63) is 78.1 Å². The molecule has 1 aliphatic heterocycles. The summed E-state index contributed by atoms with van der Waals surface area (Å²) >= 11 is 0. The van der Waals surface area contributed by atoms with Crippen molar-refractivity contribution in [1.82, 2.24) is 10.2 Å². The smallest absolute Gasteiger partial charge is 0.270 e. The van der Waals surface area contributed by atoms with Crippen LogP contribution in [0.5, 0.6) is 11.5 Å². The molecule has 0 aliphatic carbocycles. The maximum Gasteiger partial charge on any atom is 0.270 e. The van der Waals surface area contributed by atoms with Crippen molar-refractivity contribution in [2.24, 2.45) is 5.73 Å². The Kier molecular flexibility index (Phi) is 5.79. The predicted octanol–water partition coefficient (Wildman–Crippen LogP) is 3.15. The SMILES string of the molecule is Cl.Cl.NC(=O)C1(c2ccccc2)Oc2ccccc2OC1c1cn[nH]c1. The topological polar surface area (TPSA) is 90.2 Å². The molecule has 136 valence electrons. The number of carbonyl (C=O) groups is 1. The van der Waals surface area contributed by atoms with Crippen LogP contribution in [0, 0.1) is 0 Å². The van der Waals surface area contributed by atoms with Crippen LogP contribution in [0.3, 0.4) is 0 Å². The summed E-state index contributed by atoms with van der Waals surface area (Å²) in [5.74, 6) is 0.394. The van der Waals surface area contributed by atoms with E-state index >= 15 is 0 Å². The highest BCUT2D eigenvalue weighted by molar-refractivity contribution is 5.87. The van der Waals surface area contributed by atoms with Gasteiger partial charge in [-0.05, 0) is 12.1 Å². The van der Waals surface area contributed by atoms with Crippen molar-refractivity contribution in [2.45, 2.75) is 11.7 Å². The van der Waals surface area contributed by atoms with Crippen LogP contribution in [0.1, 0.15) is 17.2 Å². The van der Waals surface area contributed by atoms with Gasteiger partial charge in [0, 0.05) is 17.3 Å². The van der Waals surface area contributed by atoms with Gasteiger partial charge in [0.05, 0.1) is 6.20 Å². The molecule has 4 rings (SSSR count). The van der Waals surface area contributed by atoms with Crippen LogP contribution in [-0.2, 0) is 10.4 Å². The van der Waals surface area contributed by atoms with E-state index in [1.54, 1.807) is 36.7 Å². The van der Waals surface area contributed by atoms with Gasteiger partial charge in [0.15, 0.2) is 17.6 Å². The average Bonchev–Trinajstić information content (AvgIpc) is 3.15. The van der Waals surface area contributed by atoms with Gasteiger partial charge in [0.2, 0.25) is 0 Å². The van der Waals surface area contributed by atoms with Crippen molar-refractivity contribution >= 4 is 30.7 Å². The molecule has 2 atom stereocenters. The summed E-state index contributed by atoms with van der Waals surface area (Å²) in [4.78, 5) is 12.6. The molecule has 1 amide bonds. The molecular weight excluding hydrogens is 377 g/mol. The number of nitrogens with one attached hydrogen (secondary N) is 1. The number of amides is 1. The van der Waals surface area contributed by atoms with Crippen LogP contribution in [0.15, 0.2) is 67.0 Å². The minimum Gasteiger partial charge on any atom is -0.477 e. The number of benzene rings is 2. The van der Waals surface area contributed by atoms with E-state index in [1.165, 1.54) is 0 Å². The summed E-state index contributed by atoms with van der Waals surface area (Å²) in [6.07, 6.45) is 2.51. The zero-order valence-corrected chi connectivity index (χ0v) is 15.1. The summed E-state index contributed by atoms with van der Waals surface area (Å²) < 4.78 is 12.3. The lowest BCUT2D eigenvalue weighted by Gasteiger charge is -2.42. The number of aromatic amines is 1. The molecule has 3 N–H and O–H groups in total. The van der Waals surface area contributed by atoms with Crippen molar-refractivity contribution < 1.29 is 14.3 Å². The first-order chi connectivity index (χ1) is 11.7. The number of primary amides is 1. The Morgan fingerprint density at radius 2 is 1.69 bits per heavy atom. The quantitative estimate of drug-likeness (QED) is 0.714. The van der Waals surface area contributed by atoms with E-state index in [9.17, 15) is 4.79 Å². The number of rotatable bonds is 3. The Labute approximate surface area is 162 Å². The lowest BCUT2D eigenvalue weighted by Crippen LogP contribution is -2.54. The summed E-state index contributed by atoms with van der Waals surface area (Å²) in [5.41, 5.74) is 5.62. The standard InChI is InChI=1S/C18H15N3O3.2ClH/c19-17(22)18(13-6-2-1-3-7-13)16(12-10-20-21-11-12)23-14-8-4-5-9-15(14)24-18;;/h1-11,16H,(H2,19,22)(H,20,21);2*1H. The number of carbonyl (C=O) groups excluding carboxylic acids is 1. The number of hydrogen-bond donors (Lipinski definition) is 2. The molecule has 0 radical (unpaired) electrons. The number of fused-ring (bicyclic) bond motifs is 1. The molecule has 0 saturated heterocycles. The molecule has 0 spiro atoms. The molecule has 2 heterocycles. The summed E-state index contributed by atoms with van der Waals surface area (Å²) in [6, 6.07) is 16.3. The third kappa shape index (κ3) is 2.98. The van der Waals surface area contributed by atoms with Gasteiger partial charge < -0.3 is 15.2 Å². The first kappa shape index (κ1) is 19.6. The number of halogens is 2. The molecule has 0 fully saturated rings. The summed E-state index contributed by atoms with van der Waals surface area (Å²) in [7, 11) is 0. The number of aromatic nitrogens is 2. The molecule has 26 heavy (non-hydrogen) atoms. The van der Waals surface area contributed by atoms with Crippen LogP contribution in [-0.4, -0.2) is 16.1 Å². The van der Waals surface area contributed by atoms with Gasteiger partial charge >= 0.3 is 0 Å². The number of nitrogens with zero attached hydrogens (tertiary/aromatic N) is 1. The van der Waals surface area contributed by atoms with Crippen molar-refractivity contribution in [2.75, 3.05) is 0 Å². The van der Waals surface area contributed by atoms with Crippen LogP contribution < -0.4 is 15.2 Å². The van der Waals surface area contributed by atoms with Crippen LogP contribution in [0.2, 0.25) is 0 Å². The number of hydrogen-bond acceptors (Lipinski definition) is 4. The average molecular weight is 394 g/mol. The lowest BCUT2D eigenvalue weighted by atomic mass is 9.83. The summed E-state index contributed by atoms with van der Waals surface area (Å²) in [6.45, 7) is 0. The molecule has 0 bridgehead atoms. The minimum atomic E-state index is -1.49. The lowest BCUT2D eigenvalue weighted by molar-refractivity contribution is -0.149. The Morgan fingerprint density at radius 1 is 1.04 bits per heavy atom. The fourth-order valence-electron chi connectivity index (χ4n) is 2.99. The van der Waals surface area contributed by atoms with Crippen LogP contribution >= 0.6 is 24.8 Å². The fourth-order valence-corrected chi connectivity index (χ4v) is 2.99. The van der Waals surface area contributed by atoms with E-state index in [-0.39, 0.29) is 24.8 Å². The monoisotopic (exact) mass is 393 g/mol. The van der Waals surface area contributed by atoms with Crippen molar-refractivity contribution in [3.63, 3.8) is 0 Å². The van der Waals surface area contributed by atoms with E-state index < -0.39 is 17.6 Å². The van der Waals surface area contributed by atoms with Crippen molar-refractivity contribution in [1.29, 1.82) is 0 Å². The van der Waals surface area contributed by atoms with E-state index in [4.69, 9.17) is 15.2 Å². The fraction of sp³-hybridized carbons (Fsp3) is 0.111.